The van der Waals surface area contributed by atoms with Gasteiger partial charge in [0, 0.05) is 12.3 Å². The van der Waals surface area contributed by atoms with Gasteiger partial charge in [0.25, 0.3) is 0 Å². The summed E-state index contributed by atoms with van der Waals surface area (Å²) in [4.78, 5) is 48.4. The van der Waals surface area contributed by atoms with Crippen molar-refractivity contribution in [1.29, 1.82) is 0 Å². The minimum atomic E-state index is -1.53. The molecule has 1 aliphatic rings. The Bertz CT molecular complexity index is 716. The minimum Gasteiger partial charge on any atom is -0.465 e. The minimum absolute atomic E-state index is 0.238. The smallest absolute Gasteiger partial charge is 0.337 e. The van der Waals surface area contributed by atoms with Gasteiger partial charge in [0.1, 0.15) is 17.3 Å². The van der Waals surface area contributed by atoms with Gasteiger partial charge < -0.3 is 9.84 Å². The van der Waals surface area contributed by atoms with Crippen LogP contribution in [0.5, 0.6) is 0 Å². The number of hydrogen-bond donors (Lipinski definition) is 1. The van der Waals surface area contributed by atoms with Crippen LogP contribution in [0.25, 0.3) is 0 Å². The molecule has 0 aliphatic heterocycles. The maximum absolute atomic E-state index is 12.5. The Morgan fingerprint density at radius 2 is 1.68 bits per heavy atom. The highest BCUT2D eigenvalue weighted by Crippen LogP contribution is 2.46. The first-order chi connectivity index (χ1) is 11.6. The van der Waals surface area contributed by atoms with Crippen molar-refractivity contribution in [3.05, 3.63) is 35.4 Å². The third-order valence-corrected chi connectivity index (χ3v) is 4.86. The van der Waals surface area contributed by atoms with Gasteiger partial charge in [-0.05, 0) is 38.5 Å². The lowest BCUT2D eigenvalue weighted by molar-refractivity contribution is -0.151. The first kappa shape index (κ1) is 19.0. The summed E-state index contributed by atoms with van der Waals surface area (Å²) in [6.07, 6.45) is -0.238. The van der Waals surface area contributed by atoms with E-state index in [1.807, 2.05) is 0 Å². The zero-order valence-electron chi connectivity index (χ0n) is 14.7. The van der Waals surface area contributed by atoms with E-state index in [1.54, 1.807) is 12.1 Å². The standard InChI is InChI=1S/C19H22O6/c1-10(20)15-14(22)9-19(3,24)17(11(2)21)16(15)12-5-7-13(8-6-12)18(23)25-4/h5-8,15-17,24H,9H2,1-4H3/t15-,16-,17-,19+/m1/s1. The fraction of sp³-hybridized carbons (Fsp3) is 0.474. The van der Waals surface area contributed by atoms with Crippen LogP contribution in [0.3, 0.4) is 0 Å². The summed E-state index contributed by atoms with van der Waals surface area (Å²) in [5.74, 6) is -4.15. The van der Waals surface area contributed by atoms with Gasteiger partial charge in [-0.3, -0.25) is 14.4 Å². The normalized spacial score (nSPS) is 29.2. The molecule has 1 N–H and O–H groups in total. The SMILES string of the molecule is COC(=O)c1ccc([C@@H]2[C@H](C(C)=O)C(=O)C[C@](C)(O)[C@@H]2C(C)=O)cc1. The molecular formula is C19H22O6. The van der Waals surface area contributed by atoms with Crippen LogP contribution in [0.15, 0.2) is 24.3 Å². The van der Waals surface area contributed by atoms with Gasteiger partial charge in [-0.25, -0.2) is 4.79 Å². The van der Waals surface area contributed by atoms with Gasteiger partial charge in [0.05, 0.1) is 30.1 Å². The predicted octanol–water partition coefficient (Wildman–Crippen LogP) is 1.69. The molecule has 0 heterocycles. The molecule has 0 aromatic heterocycles. The fourth-order valence-corrected chi connectivity index (χ4v) is 3.87. The highest BCUT2D eigenvalue weighted by Gasteiger charge is 2.53. The molecule has 0 spiro atoms. The molecule has 1 aromatic carbocycles. The summed E-state index contributed by atoms with van der Waals surface area (Å²) in [5, 5.41) is 10.7. The predicted molar refractivity (Wildman–Crippen MR) is 89.1 cm³/mol. The number of hydrogen-bond acceptors (Lipinski definition) is 6. The molecule has 0 bridgehead atoms. The second-order valence-electron chi connectivity index (χ2n) is 6.82. The molecule has 4 atom stereocenters. The molecule has 25 heavy (non-hydrogen) atoms. The van der Waals surface area contributed by atoms with Crippen molar-refractivity contribution in [3.8, 4) is 0 Å². The van der Waals surface area contributed by atoms with E-state index in [1.165, 1.54) is 40.0 Å². The number of Topliss-reactive ketones (excluding diaryl/α,β-unsaturated/α-hetero) is 3. The summed E-state index contributed by atoms with van der Waals surface area (Å²) in [6.45, 7) is 4.11. The number of carbonyl (C=O) groups is 4. The summed E-state index contributed by atoms with van der Waals surface area (Å²) in [6, 6.07) is 6.22. The first-order valence-electron chi connectivity index (χ1n) is 8.04. The van der Waals surface area contributed by atoms with Crippen molar-refractivity contribution in [1.82, 2.24) is 0 Å². The lowest BCUT2D eigenvalue weighted by Gasteiger charge is -2.44. The van der Waals surface area contributed by atoms with Crippen LogP contribution in [0.4, 0.5) is 0 Å². The van der Waals surface area contributed by atoms with Gasteiger partial charge >= 0.3 is 5.97 Å². The molecule has 134 valence electrons. The van der Waals surface area contributed by atoms with Crippen molar-refractivity contribution in [3.63, 3.8) is 0 Å². The Morgan fingerprint density at radius 1 is 1.12 bits per heavy atom. The van der Waals surface area contributed by atoms with E-state index in [9.17, 15) is 24.3 Å². The van der Waals surface area contributed by atoms with Crippen LogP contribution in [-0.2, 0) is 19.1 Å². The fourth-order valence-electron chi connectivity index (χ4n) is 3.87. The number of carbonyl (C=O) groups excluding carboxylic acids is 4. The second kappa shape index (κ2) is 6.88. The molecule has 6 heteroatoms. The summed E-state index contributed by atoms with van der Waals surface area (Å²) in [5.41, 5.74) is -0.652. The lowest BCUT2D eigenvalue weighted by Crippen LogP contribution is -2.53. The van der Waals surface area contributed by atoms with Crippen molar-refractivity contribution >= 4 is 23.3 Å². The molecule has 0 amide bonds. The van der Waals surface area contributed by atoms with Gasteiger partial charge in [-0.15, -0.1) is 0 Å². The number of ether oxygens (including phenoxy) is 1. The molecule has 2 rings (SSSR count). The van der Waals surface area contributed by atoms with Gasteiger partial charge in [0.15, 0.2) is 0 Å². The Balaban J connectivity index is 2.56. The topological polar surface area (TPSA) is 97.7 Å². The molecular weight excluding hydrogens is 324 g/mol. The Morgan fingerprint density at radius 3 is 2.12 bits per heavy atom. The molecule has 0 radical (unpaired) electrons. The molecule has 1 aliphatic carbocycles. The van der Waals surface area contributed by atoms with Gasteiger partial charge in [0.2, 0.25) is 0 Å². The van der Waals surface area contributed by atoms with E-state index in [4.69, 9.17) is 0 Å². The van der Waals surface area contributed by atoms with Crippen LogP contribution in [0, 0.1) is 11.8 Å². The number of ketones is 3. The van der Waals surface area contributed by atoms with Crippen molar-refractivity contribution in [2.24, 2.45) is 11.8 Å². The second-order valence-corrected chi connectivity index (χ2v) is 6.82. The molecule has 0 saturated heterocycles. The average molecular weight is 346 g/mol. The third kappa shape index (κ3) is 3.54. The monoisotopic (exact) mass is 346 g/mol. The summed E-state index contributed by atoms with van der Waals surface area (Å²) in [7, 11) is 1.27. The molecule has 6 nitrogen and oxygen atoms in total. The van der Waals surface area contributed by atoms with Crippen LogP contribution < -0.4 is 0 Å². The number of methoxy groups -OCH3 is 1. The average Bonchev–Trinajstić information content (AvgIpc) is 2.51. The van der Waals surface area contributed by atoms with E-state index in [0.717, 1.165) is 0 Å². The van der Waals surface area contributed by atoms with Gasteiger partial charge in [-0.2, -0.15) is 0 Å². The number of benzene rings is 1. The first-order valence-corrected chi connectivity index (χ1v) is 8.04. The number of esters is 1. The Hall–Kier alpha value is -2.34. The highest BCUT2D eigenvalue weighted by atomic mass is 16.5. The van der Waals surface area contributed by atoms with Crippen molar-refractivity contribution in [2.45, 2.75) is 38.7 Å². The maximum Gasteiger partial charge on any atom is 0.337 e. The third-order valence-electron chi connectivity index (χ3n) is 4.86. The van der Waals surface area contributed by atoms with Crippen LogP contribution in [0.2, 0.25) is 0 Å². The zero-order valence-corrected chi connectivity index (χ0v) is 14.7. The zero-order chi connectivity index (χ0) is 18.9. The van der Waals surface area contributed by atoms with Crippen molar-refractivity contribution in [2.75, 3.05) is 7.11 Å². The van der Waals surface area contributed by atoms with Crippen LogP contribution in [0.1, 0.15) is 49.0 Å². The number of rotatable bonds is 4. The summed E-state index contributed by atoms with van der Waals surface area (Å²) >= 11 is 0. The van der Waals surface area contributed by atoms with E-state index >= 15 is 0 Å². The quantitative estimate of drug-likeness (QED) is 0.658. The molecule has 1 fully saturated rings. The number of aliphatic hydroxyl groups is 1. The molecule has 1 saturated carbocycles. The van der Waals surface area contributed by atoms with Crippen molar-refractivity contribution < 1.29 is 29.0 Å². The molecule has 1 aromatic rings. The van der Waals surface area contributed by atoms with Gasteiger partial charge in [-0.1, -0.05) is 12.1 Å². The van der Waals surface area contributed by atoms with Crippen LogP contribution >= 0.6 is 0 Å². The van der Waals surface area contributed by atoms with E-state index in [-0.39, 0.29) is 23.8 Å². The van der Waals surface area contributed by atoms with E-state index in [0.29, 0.717) is 11.1 Å². The Kier molecular flexibility index (Phi) is 5.23. The van der Waals surface area contributed by atoms with E-state index in [2.05, 4.69) is 4.74 Å². The highest BCUT2D eigenvalue weighted by molar-refractivity contribution is 6.05. The lowest BCUT2D eigenvalue weighted by atomic mass is 9.60. The van der Waals surface area contributed by atoms with Crippen LogP contribution in [-0.4, -0.2) is 41.1 Å². The molecule has 0 unspecified atom stereocenters. The largest absolute Gasteiger partial charge is 0.465 e. The Labute approximate surface area is 146 Å². The summed E-state index contributed by atoms with van der Waals surface area (Å²) < 4.78 is 4.65. The van der Waals surface area contributed by atoms with E-state index < -0.39 is 29.3 Å². The maximum atomic E-state index is 12.5.